The second kappa shape index (κ2) is 6.61. The summed E-state index contributed by atoms with van der Waals surface area (Å²) < 4.78 is 22.6. The number of hydrogen-bond donors (Lipinski definition) is 1. The molecule has 0 saturated carbocycles. The Morgan fingerprint density at radius 1 is 1.41 bits per heavy atom. The quantitative estimate of drug-likeness (QED) is 0.790. The molecule has 1 aromatic rings. The molecular formula is C12H19NO3S. The molecule has 17 heavy (non-hydrogen) atoms. The Labute approximate surface area is 105 Å². The molecule has 0 amide bonds. The van der Waals surface area contributed by atoms with E-state index in [0.717, 1.165) is 0 Å². The molecule has 96 valence electrons. The Bertz CT molecular complexity index is 393. The molecule has 4 nitrogen and oxygen atoms in total. The molecule has 1 rings (SSSR count). The van der Waals surface area contributed by atoms with Crippen LogP contribution in [0.3, 0.4) is 0 Å². The van der Waals surface area contributed by atoms with Crippen LogP contribution in [0.15, 0.2) is 23.1 Å². The smallest absolute Gasteiger partial charge is 0.137 e. The molecule has 5 heteroatoms. The SMILES string of the molecule is COc1cc(N)ccc1S(=O)CCOC(C)C. The van der Waals surface area contributed by atoms with Gasteiger partial charge in [0.15, 0.2) is 0 Å². The first kappa shape index (κ1) is 14.0. The summed E-state index contributed by atoms with van der Waals surface area (Å²) in [4.78, 5) is 0.661. The lowest BCUT2D eigenvalue weighted by Crippen LogP contribution is -2.11. The highest BCUT2D eigenvalue weighted by Gasteiger charge is 2.11. The normalized spacial score (nSPS) is 12.7. The summed E-state index contributed by atoms with van der Waals surface area (Å²) in [5, 5.41) is 0. The average Bonchev–Trinajstić information content (AvgIpc) is 2.28. The number of ether oxygens (including phenoxy) is 2. The number of hydrogen-bond acceptors (Lipinski definition) is 4. The molecule has 0 aliphatic carbocycles. The fourth-order valence-corrected chi connectivity index (χ4v) is 2.40. The molecule has 0 fully saturated rings. The standard InChI is InChI=1S/C12H19NO3S/c1-9(2)16-6-7-17(14)12-5-4-10(13)8-11(12)15-3/h4-5,8-9H,6-7,13H2,1-3H3. The van der Waals surface area contributed by atoms with Crippen molar-refractivity contribution >= 4 is 16.5 Å². The zero-order chi connectivity index (χ0) is 12.8. The van der Waals surface area contributed by atoms with E-state index in [9.17, 15) is 4.21 Å². The third-order valence-electron chi connectivity index (χ3n) is 2.15. The minimum absolute atomic E-state index is 0.153. The first-order valence-corrected chi connectivity index (χ1v) is 6.80. The van der Waals surface area contributed by atoms with Crippen LogP contribution in [0.1, 0.15) is 13.8 Å². The minimum Gasteiger partial charge on any atom is -0.495 e. The Balaban J connectivity index is 2.68. The van der Waals surface area contributed by atoms with Crippen LogP contribution in [0.2, 0.25) is 0 Å². The number of anilines is 1. The van der Waals surface area contributed by atoms with Gasteiger partial charge in [-0.15, -0.1) is 0 Å². The Morgan fingerprint density at radius 3 is 2.71 bits per heavy atom. The highest BCUT2D eigenvalue weighted by atomic mass is 32.2. The first-order valence-electron chi connectivity index (χ1n) is 5.48. The summed E-state index contributed by atoms with van der Waals surface area (Å²) in [6.45, 7) is 4.37. The van der Waals surface area contributed by atoms with Gasteiger partial charge in [0.2, 0.25) is 0 Å². The average molecular weight is 257 g/mol. The van der Waals surface area contributed by atoms with Gasteiger partial charge in [0, 0.05) is 11.8 Å². The van der Waals surface area contributed by atoms with Gasteiger partial charge in [-0.25, -0.2) is 0 Å². The van der Waals surface area contributed by atoms with Crippen LogP contribution in [-0.2, 0) is 15.5 Å². The maximum Gasteiger partial charge on any atom is 0.137 e. The monoisotopic (exact) mass is 257 g/mol. The van der Waals surface area contributed by atoms with Crippen molar-refractivity contribution in [3.05, 3.63) is 18.2 Å². The Morgan fingerprint density at radius 2 is 2.12 bits per heavy atom. The van der Waals surface area contributed by atoms with Crippen LogP contribution in [0.5, 0.6) is 5.75 Å². The third kappa shape index (κ3) is 4.36. The maximum absolute atomic E-state index is 12.0. The van der Waals surface area contributed by atoms with Crippen molar-refractivity contribution < 1.29 is 13.7 Å². The van der Waals surface area contributed by atoms with Gasteiger partial charge < -0.3 is 15.2 Å². The lowest BCUT2D eigenvalue weighted by atomic mass is 10.3. The molecule has 0 radical (unpaired) electrons. The Hall–Kier alpha value is -1.07. The fraction of sp³-hybridized carbons (Fsp3) is 0.500. The summed E-state index contributed by atoms with van der Waals surface area (Å²) in [6.07, 6.45) is 0.153. The number of methoxy groups -OCH3 is 1. The van der Waals surface area contributed by atoms with Crippen LogP contribution >= 0.6 is 0 Å². The van der Waals surface area contributed by atoms with E-state index in [2.05, 4.69) is 0 Å². The van der Waals surface area contributed by atoms with Gasteiger partial charge in [-0.2, -0.15) is 0 Å². The van der Waals surface area contributed by atoms with Crippen LogP contribution in [0, 0.1) is 0 Å². The lowest BCUT2D eigenvalue weighted by Gasteiger charge is -2.10. The Kier molecular flexibility index (Phi) is 5.44. The van der Waals surface area contributed by atoms with Gasteiger partial charge in [0.1, 0.15) is 5.75 Å². The maximum atomic E-state index is 12.0. The number of rotatable bonds is 6. The second-order valence-corrected chi connectivity index (χ2v) is 5.42. The molecule has 1 atom stereocenters. The summed E-state index contributed by atoms with van der Waals surface area (Å²) in [5.41, 5.74) is 6.24. The van der Waals surface area contributed by atoms with E-state index < -0.39 is 10.8 Å². The number of nitrogens with two attached hydrogens (primary N) is 1. The van der Waals surface area contributed by atoms with Crippen molar-refractivity contribution in [3.8, 4) is 5.75 Å². The topological polar surface area (TPSA) is 61.5 Å². The van der Waals surface area contributed by atoms with Crippen LogP contribution < -0.4 is 10.5 Å². The van der Waals surface area contributed by atoms with Gasteiger partial charge in [0.25, 0.3) is 0 Å². The van der Waals surface area contributed by atoms with E-state index in [1.807, 2.05) is 13.8 Å². The molecule has 0 aliphatic heterocycles. The van der Waals surface area contributed by atoms with Crippen molar-refractivity contribution in [1.29, 1.82) is 0 Å². The van der Waals surface area contributed by atoms with E-state index >= 15 is 0 Å². The van der Waals surface area contributed by atoms with Gasteiger partial charge >= 0.3 is 0 Å². The first-order chi connectivity index (χ1) is 8.04. The van der Waals surface area contributed by atoms with Crippen molar-refractivity contribution in [2.75, 3.05) is 25.2 Å². The van der Waals surface area contributed by atoms with E-state index in [-0.39, 0.29) is 6.10 Å². The molecule has 1 aromatic carbocycles. The lowest BCUT2D eigenvalue weighted by molar-refractivity contribution is 0.0916. The predicted octanol–water partition coefficient (Wildman–Crippen LogP) is 1.81. The van der Waals surface area contributed by atoms with Crippen molar-refractivity contribution in [3.63, 3.8) is 0 Å². The zero-order valence-electron chi connectivity index (χ0n) is 10.4. The van der Waals surface area contributed by atoms with Crippen LogP contribution in [-0.4, -0.2) is 29.8 Å². The van der Waals surface area contributed by atoms with E-state index in [1.165, 1.54) is 0 Å². The minimum atomic E-state index is -1.13. The highest BCUT2D eigenvalue weighted by Crippen LogP contribution is 2.24. The summed E-state index contributed by atoms with van der Waals surface area (Å²) in [7, 11) is 0.417. The summed E-state index contributed by atoms with van der Waals surface area (Å²) in [6, 6.07) is 5.13. The van der Waals surface area contributed by atoms with Crippen LogP contribution in [0.25, 0.3) is 0 Å². The fourth-order valence-electron chi connectivity index (χ4n) is 1.34. The van der Waals surface area contributed by atoms with Crippen molar-refractivity contribution in [2.24, 2.45) is 0 Å². The second-order valence-electron chi connectivity index (χ2n) is 3.88. The number of benzene rings is 1. The molecule has 0 spiro atoms. The van der Waals surface area contributed by atoms with Gasteiger partial charge in [-0.05, 0) is 26.0 Å². The predicted molar refractivity (Wildman–Crippen MR) is 69.8 cm³/mol. The third-order valence-corrected chi connectivity index (χ3v) is 3.52. The molecular weight excluding hydrogens is 238 g/mol. The van der Waals surface area contributed by atoms with Crippen LogP contribution in [0.4, 0.5) is 5.69 Å². The van der Waals surface area contributed by atoms with Crippen molar-refractivity contribution in [1.82, 2.24) is 0 Å². The molecule has 0 aromatic heterocycles. The van der Waals surface area contributed by atoms with Gasteiger partial charge in [-0.1, -0.05) is 0 Å². The van der Waals surface area contributed by atoms with E-state index in [1.54, 1.807) is 25.3 Å². The molecule has 0 bridgehead atoms. The zero-order valence-corrected chi connectivity index (χ0v) is 11.3. The number of nitrogen functional groups attached to an aromatic ring is 1. The summed E-state index contributed by atoms with van der Waals surface area (Å²) in [5.74, 6) is 1.02. The van der Waals surface area contributed by atoms with E-state index in [4.69, 9.17) is 15.2 Å². The molecule has 0 aliphatic rings. The molecule has 0 heterocycles. The van der Waals surface area contributed by atoms with Crippen molar-refractivity contribution in [2.45, 2.75) is 24.8 Å². The highest BCUT2D eigenvalue weighted by molar-refractivity contribution is 7.85. The molecule has 0 saturated heterocycles. The molecule has 2 N–H and O–H groups in total. The largest absolute Gasteiger partial charge is 0.495 e. The summed E-state index contributed by atoms with van der Waals surface area (Å²) >= 11 is 0. The molecule has 1 unspecified atom stereocenters. The van der Waals surface area contributed by atoms with E-state index in [0.29, 0.717) is 28.7 Å². The van der Waals surface area contributed by atoms with Gasteiger partial charge in [-0.3, -0.25) is 4.21 Å². The van der Waals surface area contributed by atoms with Gasteiger partial charge in [0.05, 0.1) is 41.3 Å².